The number of aromatic nitrogens is 1. The number of pyridine rings is 1. The van der Waals surface area contributed by atoms with Crippen LogP contribution in [0.15, 0.2) is 35.2 Å². The first-order valence-electron chi connectivity index (χ1n) is 11.1. The Bertz CT molecular complexity index is 1200. The lowest BCUT2D eigenvalue weighted by Gasteiger charge is -2.32. The first-order chi connectivity index (χ1) is 15.7. The van der Waals surface area contributed by atoms with Gasteiger partial charge in [0.05, 0.1) is 16.5 Å². The van der Waals surface area contributed by atoms with Crippen LogP contribution in [0.2, 0.25) is 0 Å². The summed E-state index contributed by atoms with van der Waals surface area (Å²) in [4.78, 5) is 29.3. The van der Waals surface area contributed by atoms with E-state index < -0.39 is 22.0 Å². The third kappa shape index (κ3) is 4.72. The van der Waals surface area contributed by atoms with Crippen molar-refractivity contribution in [3.8, 4) is 5.75 Å². The summed E-state index contributed by atoms with van der Waals surface area (Å²) in [7, 11) is -3.86. The summed E-state index contributed by atoms with van der Waals surface area (Å²) in [5.41, 5.74) is 1.75. The third-order valence-electron chi connectivity index (χ3n) is 5.98. The molecule has 2 aliphatic rings. The van der Waals surface area contributed by atoms with E-state index in [0.29, 0.717) is 48.6 Å². The molecule has 1 aromatic carbocycles. The Kier molecular flexibility index (Phi) is 6.40. The van der Waals surface area contributed by atoms with Gasteiger partial charge in [0.1, 0.15) is 11.6 Å². The number of carbonyl (C=O) groups excluding carboxylic acids is 2. The maximum absolute atomic E-state index is 13.5. The van der Waals surface area contributed by atoms with Gasteiger partial charge in [-0.2, -0.15) is 4.31 Å². The predicted octanol–water partition coefficient (Wildman–Crippen LogP) is 2.85. The molecule has 2 aromatic rings. The number of benzene rings is 1. The molecule has 3 heterocycles. The molecule has 0 aliphatic carbocycles. The molecule has 0 saturated carbocycles. The molecule has 2 aliphatic heterocycles. The summed E-state index contributed by atoms with van der Waals surface area (Å²) in [6.45, 7) is 5.77. The zero-order chi connectivity index (χ0) is 23.8. The molecule has 9 nitrogen and oxygen atoms in total. The Labute approximate surface area is 193 Å². The summed E-state index contributed by atoms with van der Waals surface area (Å²) >= 11 is 0. The lowest BCUT2D eigenvalue weighted by Crippen LogP contribution is -2.44. The van der Waals surface area contributed by atoms with E-state index in [1.807, 2.05) is 26.0 Å². The molecule has 2 N–H and O–H groups in total. The molecule has 2 amide bonds. The van der Waals surface area contributed by atoms with E-state index in [2.05, 4.69) is 15.6 Å². The highest BCUT2D eigenvalue weighted by Gasteiger charge is 2.36. The number of nitrogens with one attached hydrogen (secondary N) is 2. The Morgan fingerprint density at radius 2 is 2.09 bits per heavy atom. The molecule has 0 radical (unpaired) electrons. The highest BCUT2D eigenvalue weighted by atomic mass is 32.2. The number of aryl methyl sites for hydroxylation is 2. The summed E-state index contributed by atoms with van der Waals surface area (Å²) in [5, 5.41) is 5.58. The number of hydrogen-bond donors (Lipinski definition) is 2. The number of anilines is 2. The van der Waals surface area contributed by atoms with Crippen molar-refractivity contribution in [2.45, 2.75) is 51.0 Å². The molecule has 1 aromatic heterocycles. The van der Waals surface area contributed by atoms with Crippen LogP contribution in [0.3, 0.4) is 0 Å². The van der Waals surface area contributed by atoms with Gasteiger partial charge in [-0.05, 0) is 56.9 Å². The minimum absolute atomic E-state index is 0.0890. The van der Waals surface area contributed by atoms with Gasteiger partial charge in [0, 0.05) is 24.8 Å². The van der Waals surface area contributed by atoms with Gasteiger partial charge in [-0.1, -0.05) is 13.0 Å². The standard InChI is InChI=1S/C23H28N4O5S/c1-4-18-23(29)25-17-11-14(2)20(12-19(17)32-18)33(30,31)27-10-6-8-16(13-27)22(28)26-21-9-5-7-15(3)24-21/h5,7,9,11-12,16,18H,4,6,8,10,13H2,1-3H3,(H,25,29)(H,24,26,28)/t16-,18+/m0/s1. The molecular formula is C23H28N4O5S. The van der Waals surface area contributed by atoms with E-state index in [1.165, 1.54) is 10.4 Å². The van der Waals surface area contributed by atoms with Crippen molar-refractivity contribution < 1.29 is 22.7 Å². The number of hydrogen-bond acceptors (Lipinski definition) is 6. The second-order valence-electron chi connectivity index (χ2n) is 8.47. The van der Waals surface area contributed by atoms with Gasteiger partial charge in [0.15, 0.2) is 6.10 Å². The zero-order valence-corrected chi connectivity index (χ0v) is 19.7. The molecule has 176 valence electrons. The quantitative estimate of drug-likeness (QED) is 0.691. The Balaban J connectivity index is 1.55. The fourth-order valence-corrected chi connectivity index (χ4v) is 5.93. The van der Waals surface area contributed by atoms with Crippen LogP contribution in [0.1, 0.15) is 37.4 Å². The average molecular weight is 473 g/mol. The van der Waals surface area contributed by atoms with Crippen molar-refractivity contribution in [3.63, 3.8) is 0 Å². The number of nitrogens with zero attached hydrogens (tertiary/aromatic N) is 2. The second kappa shape index (κ2) is 9.11. The average Bonchev–Trinajstić information content (AvgIpc) is 2.78. The third-order valence-corrected chi connectivity index (χ3v) is 7.99. The number of sulfonamides is 1. The van der Waals surface area contributed by atoms with Crippen molar-refractivity contribution in [2.75, 3.05) is 23.7 Å². The summed E-state index contributed by atoms with van der Waals surface area (Å²) < 4.78 is 34.1. The maximum atomic E-state index is 13.5. The van der Waals surface area contributed by atoms with E-state index in [-0.39, 0.29) is 23.3 Å². The highest BCUT2D eigenvalue weighted by Crippen LogP contribution is 2.36. The zero-order valence-electron chi connectivity index (χ0n) is 18.9. The molecule has 2 atom stereocenters. The SMILES string of the molecule is CC[C@H]1Oc2cc(S(=O)(=O)N3CCC[C@H](C(=O)Nc4cccc(C)n4)C3)c(C)cc2NC1=O. The van der Waals surface area contributed by atoms with Crippen molar-refractivity contribution in [3.05, 3.63) is 41.6 Å². The first kappa shape index (κ1) is 23.2. The van der Waals surface area contributed by atoms with Crippen molar-refractivity contribution >= 4 is 33.3 Å². The molecule has 10 heteroatoms. The van der Waals surface area contributed by atoms with Gasteiger partial charge >= 0.3 is 0 Å². The fraction of sp³-hybridized carbons (Fsp3) is 0.435. The molecule has 0 bridgehead atoms. The number of amides is 2. The van der Waals surface area contributed by atoms with Gasteiger partial charge in [-0.25, -0.2) is 13.4 Å². The van der Waals surface area contributed by atoms with Gasteiger partial charge in [0.2, 0.25) is 15.9 Å². The fourth-order valence-electron chi connectivity index (χ4n) is 4.19. The normalized spacial score (nSPS) is 21.0. The largest absolute Gasteiger partial charge is 0.478 e. The first-order valence-corrected chi connectivity index (χ1v) is 12.5. The number of rotatable bonds is 5. The van der Waals surface area contributed by atoms with Crippen molar-refractivity contribution in [1.29, 1.82) is 0 Å². The highest BCUT2D eigenvalue weighted by molar-refractivity contribution is 7.89. The van der Waals surface area contributed by atoms with Gasteiger partial charge in [0.25, 0.3) is 5.91 Å². The number of fused-ring (bicyclic) bond motifs is 1. The monoisotopic (exact) mass is 472 g/mol. The van der Waals surface area contributed by atoms with Crippen LogP contribution in [-0.4, -0.2) is 48.7 Å². The number of carbonyl (C=O) groups is 2. The molecule has 1 fully saturated rings. The Hall–Kier alpha value is -2.98. The minimum atomic E-state index is -3.86. The topological polar surface area (TPSA) is 118 Å². The minimum Gasteiger partial charge on any atom is -0.478 e. The van der Waals surface area contributed by atoms with Crippen LogP contribution in [0.25, 0.3) is 0 Å². The summed E-state index contributed by atoms with van der Waals surface area (Å²) in [6, 6.07) is 8.44. The van der Waals surface area contributed by atoms with Crippen LogP contribution < -0.4 is 15.4 Å². The Morgan fingerprint density at radius 1 is 1.30 bits per heavy atom. The van der Waals surface area contributed by atoms with Crippen molar-refractivity contribution in [2.24, 2.45) is 5.92 Å². The Morgan fingerprint density at radius 3 is 2.82 bits per heavy atom. The molecule has 4 rings (SSSR count). The van der Waals surface area contributed by atoms with E-state index in [9.17, 15) is 18.0 Å². The molecule has 0 spiro atoms. The number of ether oxygens (including phenoxy) is 1. The molecular weight excluding hydrogens is 444 g/mol. The van der Waals surface area contributed by atoms with Gasteiger partial charge in [-0.15, -0.1) is 0 Å². The summed E-state index contributed by atoms with van der Waals surface area (Å²) in [6.07, 6.45) is 0.988. The lowest BCUT2D eigenvalue weighted by molar-refractivity contribution is -0.123. The van der Waals surface area contributed by atoms with E-state index in [4.69, 9.17) is 4.74 Å². The van der Waals surface area contributed by atoms with E-state index >= 15 is 0 Å². The number of piperidine rings is 1. The summed E-state index contributed by atoms with van der Waals surface area (Å²) in [5.74, 6) is -0.175. The van der Waals surface area contributed by atoms with Crippen LogP contribution in [0, 0.1) is 19.8 Å². The molecule has 1 saturated heterocycles. The molecule has 33 heavy (non-hydrogen) atoms. The van der Waals surface area contributed by atoms with Crippen LogP contribution in [0.5, 0.6) is 5.75 Å². The molecule has 0 unspecified atom stereocenters. The second-order valence-corrected chi connectivity index (χ2v) is 10.4. The van der Waals surface area contributed by atoms with Crippen LogP contribution in [0.4, 0.5) is 11.5 Å². The lowest BCUT2D eigenvalue weighted by atomic mass is 9.99. The van der Waals surface area contributed by atoms with E-state index in [0.717, 1.165) is 5.69 Å². The smallest absolute Gasteiger partial charge is 0.265 e. The predicted molar refractivity (Wildman–Crippen MR) is 124 cm³/mol. The van der Waals surface area contributed by atoms with Crippen LogP contribution in [-0.2, 0) is 19.6 Å². The van der Waals surface area contributed by atoms with E-state index in [1.54, 1.807) is 19.1 Å². The van der Waals surface area contributed by atoms with Crippen molar-refractivity contribution in [1.82, 2.24) is 9.29 Å². The van der Waals surface area contributed by atoms with Gasteiger partial charge in [-0.3, -0.25) is 9.59 Å². The van der Waals surface area contributed by atoms with Gasteiger partial charge < -0.3 is 15.4 Å². The van der Waals surface area contributed by atoms with Crippen LogP contribution >= 0.6 is 0 Å². The maximum Gasteiger partial charge on any atom is 0.265 e.